The van der Waals surface area contributed by atoms with Gasteiger partial charge < -0.3 is 25.1 Å². The maximum Gasteiger partial charge on any atom is 0.351 e. The van der Waals surface area contributed by atoms with Crippen molar-refractivity contribution in [3.8, 4) is 0 Å². The van der Waals surface area contributed by atoms with Crippen LogP contribution in [0.5, 0.6) is 0 Å². The van der Waals surface area contributed by atoms with Crippen LogP contribution in [0.15, 0.2) is 17.1 Å². The molecule has 28 heavy (non-hydrogen) atoms. The lowest BCUT2D eigenvalue weighted by atomic mass is 9.88. The number of nitrogen functional groups attached to an aromatic ring is 1. The van der Waals surface area contributed by atoms with E-state index in [1.54, 1.807) is 6.92 Å². The van der Waals surface area contributed by atoms with E-state index in [-0.39, 0.29) is 18.7 Å². The minimum atomic E-state index is -2.04. The molecule has 1 aromatic rings. The fraction of sp³-hybridized carbons (Fsp3) is 0.647. The Hall–Kier alpha value is -2.53. The van der Waals surface area contributed by atoms with E-state index >= 15 is 0 Å². The predicted octanol–water partition coefficient (Wildman–Crippen LogP) is 0.0886. The van der Waals surface area contributed by atoms with Crippen molar-refractivity contribution in [3.63, 3.8) is 0 Å². The van der Waals surface area contributed by atoms with Gasteiger partial charge in [0.25, 0.3) is 0 Å². The monoisotopic (exact) mass is 401 g/mol. The van der Waals surface area contributed by atoms with Crippen molar-refractivity contribution >= 4 is 17.8 Å². The second kappa shape index (κ2) is 8.23. The van der Waals surface area contributed by atoms with Crippen LogP contribution < -0.4 is 11.4 Å². The standard InChI is InChI=1S/C17H24FN3O7/c1-4-11(22)26-9-17(8-18)13(27-12(23)5-2)16(3,25)14(28-17)21-7-6-10(19)20-15(21)24/h6-7,13-14,25H,4-5,8-9H2,1-3H3,(H2,19,20,24)/t13-,14+,16+,17+/m0/s1. The van der Waals surface area contributed by atoms with Gasteiger partial charge in [-0.1, -0.05) is 13.8 Å². The molecule has 0 unspecified atom stereocenters. The van der Waals surface area contributed by atoms with Crippen molar-refractivity contribution in [1.29, 1.82) is 0 Å². The molecule has 10 nitrogen and oxygen atoms in total. The van der Waals surface area contributed by atoms with Gasteiger partial charge in [0.1, 0.15) is 24.7 Å². The summed E-state index contributed by atoms with van der Waals surface area (Å²) in [4.78, 5) is 39.2. The molecule has 2 rings (SSSR count). The Kier molecular flexibility index (Phi) is 6.40. The zero-order valence-electron chi connectivity index (χ0n) is 15.9. The first-order valence-electron chi connectivity index (χ1n) is 8.77. The molecule has 1 aliphatic heterocycles. The maximum atomic E-state index is 14.2. The average Bonchev–Trinajstić information content (AvgIpc) is 2.87. The average molecular weight is 401 g/mol. The number of nitrogens with two attached hydrogens (primary N) is 1. The summed E-state index contributed by atoms with van der Waals surface area (Å²) in [5, 5.41) is 11.1. The van der Waals surface area contributed by atoms with Crippen LogP contribution in [0.25, 0.3) is 0 Å². The Morgan fingerprint density at radius 2 is 2.04 bits per heavy atom. The van der Waals surface area contributed by atoms with Gasteiger partial charge in [-0.2, -0.15) is 4.98 Å². The molecule has 0 saturated carbocycles. The van der Waals surface area contributed by atoms with Gasteiger partial charge in [-0.15, -0.1) is 0 Å². The van der Waals surface area contributed by atoms with Gasteiger partial charge in [0.2, 0.25) is 0 Å². The van der Waals surface area contributed by atoms with Gasteiger partial charge in [0, 0.05) is 19.0 Å². The highest BCUT2D eigenvalue weighted by Crippen LogP contribution is 2.46. The number of nitrogens with zero attached hydrogens (tertiary/aromatic N) is 2. The second-order valence-corrected chi connectivity index (χ2v) is 6.67. The van der Waals surface area contributed by atoms with Gasteiger partial charge in [-0.3, -0.25) is 14.2 Å². The van der Waals surface area contributed by atoms with E-state index in [1.165, 1.54) is 26.1 Å². The molecule has 1 aromatic heterocycles. The van der Waals surface area contributed by atoms with Crippen LogP contribution in [0.2, 0.25) is 0 Å². The van der Waals surface area contributed by atoms with E-state index in [0.717, 1.165) is 4.57 Å². The quantitative estimate of drug-likeness (QED) is 0.607. The van der Waals surface area contributed by atoms with E-state index in [9.17, 15) is 23.9 Å². The summed E-state index contributed by atoms with van der Waals surface area (Å²) >= 11 is 0. The highest BCUT2D eigenvalue weighted by molar-refractivity contribution is 5.70. The number of hydrogen-bond acceptors (Lipinski definition) is 9. The molecule has 1 aliphatic rings. The number of aliphatic hydroxyl groups is 1. The molecule has 1 saturated heterocycles. The number of halogens is 1. The van der Waals surface area contributed by atoms with Gasteiger partial charge >= 0.3 is 17.6 Å². The van der Waals surface area contributed by atoms with Crippen LogP contribution in [0.4, 0.5) is 10.2 Å². The maximum absolute atomic E-state index is 14.2. The number of aromatic nitrogens is 2. The predicted molar refractivity (Wildman–Crippen MR) is 93.8 cm³/mol. The van der Waals surface area contributed by atoms with Crippen molar-refractivity contribution < 1.29 is 33.3 Å². The Labute approximate surface area is 160 Å². The van der Waals surface area contributed by atoms with Crippen molar-refractivity contribution in [2.24, 2.45) is 0 Å². The topological polar surface area (TPSA) is 143 Å². The summed E-state index contributed by atoms with van der Waals surface area (Å²) in [6, 6.07) is 1.29. The molecule has 4 atom stereocenters. The first-order chi connectivity index (χ1) is 13.1. The van der Waals surface area contributed by atoms with Gasteiger partial charge in [0.15, 0.2) is 17.9 Å². The van der Waals surface area contributed by atoms with E-state index in [1.807, 2.05) is 0 Å². The Bertz CT molecular complexity index is 797. The molecule has 0 amide bonds. The summed E-state index contributed by atoms with van der Waals surface area (Å²) in [7, 11) is 0. The minimum absolute atomic E-state index is 0.0307. The zero-order chi connectivity index (χ0) is 21.1. The molecule has 1 fully saturated rings. The highest BCUT2D eigenvalue weighted by atomic mass is 19.1. The van der Waals surface area contributed by atoms with E-state index in [0.29, 0.717) is 0 Å². The Morgan fingerprint density at radius 1 is 1.39 bits per heavy atom. The lowest BCUT2D eigenvalue weighted by Gasteiger charge is -2.33. The van der Waals surface area contributed by atoms with Gasteiger partial charge in [-0.05, 0) is 13.0 Å². The number of alkyl halides is 1. The number of carbonyl (C=O) groups excluding carboxylic acids is 2. The van der Waals surface area contributed by atoms with Crippen LogP contribution in [-0.2, 0) is 23.8 Å². The van der Waals surface area contributed by atoms with Crippen molar-refractivity contribution in [2.75, 3.05) is 19.0 Å². The number of anilines is 1. The number of hydrogen-bond donors (Lipinski definition) is 2. The third-order valence-electron chi connectivity index (χ3n) is 4.49. The Balaban J connectivity index is 2.51. The molecule has 2 heterocycles. The van der Waals surface area contributed by atoms with Crippen LogP contribution in [0.1, 0.15) is 39.8 Å². The van der Waals surface area contributed by atoms with Crippen LogP contribution in [0.3, 0.4) is 0 Å². The third-order valence-corrected chi connectivity index (χ3v) is 4.49. The summed E-state index contributed by atoms with van der Waals surface area (Å²) in [5.74, 6) is -1.41. The SMILES string of the molecule is CCC(=O)OC[C@@]1(CF)O[C@@H](n2ccc(N)nc2=O)[C@](C)(O)[C@@H]1OC(=O)CC. The van der Waals surface area contributed by atoms with E-state index in [4.69, 9.17) is 19.9 Å². The fourth-order valence-electron chi connectivity index (χ4n) is 3.00. The van der Waals surface area contributed by atoms with Crippen LogP contribution in [-0.4, -0.2) is 57.2 Å². The fourth-order valence-corrected chi connectivity index (χ4v) is 3.00. The first kappa shape index (κ1) is 21.8. The summed E-state index contributed by atoms with van der Waals surface area (Å²) in [6.07, 6.45) is -1.83. The van der Waals surface area contributed by atoms with E-state index in [2.05, 4.69) is 4.98 Å². The lowest BCUT2D eigenvalue weighted by Crippen LogP contribution is -2.55. The van der Waals surface area contributed by atoms with Crippen molar-refractivity contribution in [3.05, 3.63) is 22.7 Å². The Morgan fingerprint density at radius 3 is 2.57 bits per heavy atom. The van der Waals surface area contributed by atoms with Crippen LogP contribution >= 0.6 is 0 Å². The molecule has 0 radical (unpaired) electrons. The molecule has 0 bridgehead atoms. The molecule has 0 aromatic carbocycles. The molecule has 3 N–H and O–H groups in total. The molecular formula is C17H24FN3O7. The number of carbonyl (C=O) groups is 2. The lowest BCUT2D eigenvalue weighted by molar-refractivity contribution is -0.183. The highest BCUT2D eigenvalue weighted by Gasteiger charge is 2.65. The molecule has 0 spiro atoms. The van der Waals surface area contributed by atoms with Crippen molar-refractivity contribution in [1.82, 2.24) is 9.55 Å². The number of rotatable bonds is 7. The summed E-state index contributed by atoms with van der Waals surface area (Å²) < 4.78 is 31.0. The van der Waals surface area contributed by atoms with Crippen molar-refractivity contribution in [2.45, 2.75) is 57.1 Å². The summed E-state index contributed by atoms with van der Waals surface area (Å²) in [6.45, 7) is 2.42. The van der Waals surface area contributed by atoms with Gasteiger partial charge in [-0.25, -0.2) is 9.18 Å². The third kappa shape index (κ3) is 3.99. The molecule has 0 aliphatic carbocycles. The van der Waals surface area contributed by atoms with Gasteiger partial charge in [0.05, 0.1) is 0 Å². The zero-order valence-corrected chi connectivity index (χ0v) is 15.9. The number of ether oxygens (including phenoxy) is 3. The normalized spacial score (nSPS) is 29.5. The minimum Gasteiger partial charge on any atom is -0.462 e. The smallest absolute Gasteiger partial charge is 0.351 e. The molecule has 11 heteroatoms. The first-order valence-corrected chi connectivity index (χ1v) is 8.77. The molecular weight excluding hydrogens is 377 g/mol. The molecule has 156 valence electrons. The largest absolute Gasteiger partial charge is 0.462 e. The summed E-state index contributed by atoms with van der Waals surface area (Å²) in [5.41, 5.74) is 0.557. The van der Waals surface area contributed by atoms with E-state index < -0.39 is 54.4 Å². The van der Waals surface area contributed by atoms with Crippen LogP contribution in [0, 0.1) is 0 Å². The second-order valence-electron chi connectivity index (χ2n) is 6.67. The number of esters is 2.